The maximum Gasteiger partial charge on any atom is 0.435 e. The van der Waals surface area contributed by atoms with Crippen molar-refractivity contribution >= 4 is 29.9 Å². The van der Waals surface area contributed by atoms with E-state index in [9.17, 15) is 13.2 Å². The van der Waals surface area contributed by atoms with Gasteiger partial charge in [0.05, 0.1) is 19.3 Å². The monoisotopic (exact) mass is 433 g/mol. The molecule has 1 saturated heterocycles. The predicted octanol–water partition coefficient (Wildman–Crippen LogP) is 1.59. The van der Waals surface area contributed by atoms with Crippen LogP contribution in [0, 0.1) is 0 Å². The Morgan fingerprint density at radius 3 is 2.82 bits per heavy atom. The van der Waals surface area contributed by atoms with E-state index < -0.39 is 11.9 Å². The van der Waals surface area contributed by atoms with Gasteiger partial charge in [0, 0.05) is 31.9 Å². The lowest BCUT2D eigenvalue weighted by atomic mass is 10.2. The molecule has 0 spiro atoms. The molecule has 0 saturated carbocycles. The van der Waals surface area contributed by atoms with Crippen molar-refractivity contribution in [1.82, 2.24) is 14.7 Å². The van der Waals surface area contributed by atoms with Gasteiger partial charge < -0.3 is 15.4 Å². The van der Waals surface area contributed by atoms with Crippen LogP contribution in [0.2, 0.25) is 0 Å². The molecule has 0 bridgehead atoms. The number of morpholine rings is 1. The number of nitrogens with zero attached hydrogens (tertiary/aromatic N) is 4. The van der Waals surface area contributed by atoms with Gasteiger partial charge in [-0.3, -0.25) is 4.68 Å². The zero-order valence-corrected chi connectivity index (χ0v) is 14.6. The standard InChI is InChI=1S/C12H18F3N5O.HI/c1-8-6-20(3-4-21-8)11(16)17-5-9-7-19(2)18-10(9)12(13,14)15;/h7-8H,3-6H2,1-2H3,(H2,16,17);1H. The minimum Gasteiger partial charge on any atom is -0.375 e. The molecule has 1 unspecified atom stereocenters. The zero-order valence-electron chi connectivity index (χ0n) is 12.3. The Bertz CT molecular complexity index is 531. The van der Waals surface area contributed by atoms with Crippen LogP contribution in [0.15, 0.2) is 11.2 Å². The topological polar surface area (TPSA) is 68.7 Å². The zero-order chi connectivity index (χ0) is 15.6. The lowest BCUT2D eigenvalue weighted by Gasteiger charge is -2.31. The van der Waals surface area contributed by atoms with E-state index in [0.29, 0.717) is 19.7 Å². The molecule has 0 amide bonds. The second-order valence-corrected chi connectivity index (χ2v) is 4.98. The summed E-state index contributed by atoms with van der Waals surface area (Å²) < 4.78 is 44.9. The summed E-state index contributed by atoms with van der Waals surface area (Å²) in [5.74, 6) is 0.224. The number of alkyl halides is 3. The number of nitrogens with two attached hydrogens (primary N) is 1. The Kier molecular flexibility index (Phi) is 6.47. The average Bonchev–Trinajstić information content (AvgIpc) is 2.77. The first-order chi connectivity index (χ1) is 9.77. The van der Waals surface area contributed by atoms with Crippen molar-refractivity contribution in [3.63, 3.8) is 0 Å². The third-order valence-corrected chi connectivity index (χ3v) is 3.15. The fraction of sp³-hybridized carbons (Fsp3) is 0.667. The van der Waals surface area contributed by atoms with E-state index in [1.165, 1.54) is 13.2 Å². The van der Waals surface area contributed by atoms with Gasteiger partial charge in [0.25, 0.3) is 0 Å². The first kappa shape index (κ1) is 19.0. The molecule has 1 aliphatic heterocycles. The number of halogens is 4. The highest BCUT2D eigenvalue weighted by atomic mass is 127. The Labute approximate surface area is 143 Å². The minimum atomic E-state index is -4.49. The lowest BCUT2D eigenvalue weighted by Crippen LogP contribution is -2.47. The van der Waals surface area contributed by atoms with Crippen LogP contribution in [0.1, 0.15) is 18.2 Å². The van der Waals surface area contributed by atoms with E-state index in [-0.39, 0.29) is 48.1 Å². The normalized spacial score (nSPS) is 20.0. The molecule has 2 heterocycles. The maximum absolute atomic E-state index is 12.8. The third kappa shape index (κ3) is 4.73. The van der Waals surface area contributed by atoms with Crippen LogP contribution in [0.4, 0.5) is 13.2 Å². The second kappa shape index (κ2) is 7.49. The van der Waals surface area contributed by atoms with Crippen molar-refractivity contribution in [3.8, 4) is 0 Å². The summed E-state index contributed by atoms with van der Waals surface area (Å²) in [5, 5.41) is 3.43. The summed E-state index contributed by atoms with van der Waals surface area (Å²) in [4.78, 5) is 5.85. The van der Waals surface area contributed by atoms with Crippen molar-refractivity contribution in [2.24, 2.45) is 17.8 Å². The van der Waals surface area contributed by atoms with Gasteiger partial charge in [-0.15, -0.1) is 24.0 Å². The van der Waals surface area contributed by atoms with Gasteiger partial charge in [-0.25, -0.2) is 4.99 Å². The highest BCUT2D eigenvalue weighted by Gasteiger charge is 2.36. The Morgan fingerprint density at radius 2 is 2.23 bits per heavy atom. The Balaban J connectivity index is 0.00000242. The molecule has 1 aromatic rings. The molecule has 2 N–H and O–H groups in total. The first-order valence-electron chi connectivity index (χ1n) is 6.53. The van der Waals surface area contributed by atoms with Gasteiger partial charge in [0.2, 0.25) is 0 Å². The van der Waals surface area contributed by atoms with Crippen LogP contribution >= 0.6 is 24.0 Å². The fourth-order valence-electron chi connectivity index (χ4n) is 2.18. The molecular formula is C12H19F3IN5O. The number of hydrogen-bond donors (Lipinski definition) is 1. The van der Waals surface area contributed by atoms with Crippen LogP contribution in [0.5, 0.6) is 0 Å². The third-order valence-electron chi connectivity index (χ3n) is 3.15. The van der Waals surface area contributed by atoms with Gasteiger partial charge in [0.15, 0.2) is 11.7 Å². The quantitative estimate of drug-likeness (QED) is 0.437. The van der Waals surface area contributed by atoms with E-state index in [0.717, 1.165) is 4.68 Å². The summed E-state index contributed by atoms with van der Waals surface area (Å²) in [5.41, 5.74) is 4.93. The average molecular weight is 433 g/mol. The van der Waals surface area contributed by atoms with Crippen molar-refractivity contribution < 1.29 is 17.9 Å². The molecule has 10 heteroatoms. The van der Waals surface area contributed by atoms with Gasteiger partial charge in [0.1, 0.15) is 0 Å². The summed E-state index contributed by atoms with van der Waals surface area (Å²) in [6.45, 7) is 3.44. The van der Waals surface area contributed by atoms with Crippen molar-refractivity contribution in [3.05, 3.63) is 17.5 Å². The van der Waals surface area contributed by atoms with Crippen molar-refractivity contribution in [2.75, 3.05) is 19.7 Å². The van der Waals surface area contributed by atoms with E-state index in [2.05, 4.69) is 10.1 Å². The summed E-state index contributed by atoms with van der Waals surface area (Å²) in [6.07, 6.45) is -3.16. The lowest BCUT2D eigenvalue weighted by molar-refractivity contribution is -0.142. The molecule has 1 fully saturated rings. The van der Waals surface area contributed by atoms with Gasteiger partial charge in [-0.1, -0.05) is 0 Å². The molecule has 22 heavy (non-hydrogen) atoms. The van der Waals surface area contributed by atoms with E-state index in [1.54, 1.807) is 4.90 Å². The van der Waals surface area contributed by atoms with Crippen molar-refractivity contribution in [2.45, 2.75) is 25.7 Å². The Hall–Kier alpha value is -1.04. The molecule has 0 radical (unpaired) electrons. The van der Waals surface area contributed by atoms with Crippen LogP contribution in [0.3, 0.4) is 0 Å². The molecule has 1 aromatic heterocycles. The maximum atomic E-state index is 12.8. The summed E-state index contributed by atoms with van der Waals surface area (Å²) in [6, 6.07) is 0. The SMILES string of the molecule is CC1CN(C(N)=NCc2cn(C)nc2C(F)(F)F)CCO1.I. The number of ether oxygens (including phenoxy) is 1. The van der Waals surface area contributed by atoms with Crippen molar-refractivity contribution in [1.29, 1.82) is 0 Å². The molecule has 0 aromatic carbocycles. The molecule has 2 rings (SSSR count). The van der Waals surface area contributed by atoms with Crippen LogP contribution < -0.4 is 5.73 Å². The number of hydrogen-bond acceptors (Lipinski definition) is 3. The molecule has 1 atom stereocenters. The largest absolute Gasteiger partial charge is 0.435 e. The van der Waals surface area contributed by atoms with Gasteiger partial charge in [-0.2, -0.15) is 18.3 Å². The fourth-order valence-corrected chi connectivity index (χ4v) is 2.18. The molecule has 1 aliphatic rings. The Morgan fingerprint density at radius 1 is 1.55 bits per heavy atom. The first-order valence-corrected chi connectivity index (χ1v) is 6.53. The molecular weight excluding hydrogens is 414 g/mol. The summed E-state index contributed by atoms with van der Waals surface area (Å²) >= 11 is 0. The highest BCUT2D eigenvalue weighted by molar-refractivity contribution is 14.0. The molecule has 0 aliphatic carbocycles. The number of rotatable bonds is 2. The minimum absolute atomic E-state index is 0. The van der Waals surface area contributed by atoms with Crippen LogP contribution in [-0.4, -0.2) is 46.4 Å². The number of aryl methyl sites for hydroxylation is 1. The van der Waals surface area contributed by atoms with E-state index in [1.807, 2.05) is 6.92 Å². The van der Waals surface area contributed by atoms with Crippen LogP contribution in [0.25, 0.3) is 0 Å². The predicted molar refractivity (Wildman–Crippen MR) is 85.9 cm³/mol. The van der Waals surface area contributed by atoms with E-state index in [4.69, 9.17) is 10.5 Å². The van der Waals surface area contributed by atoms with E-state index >= 15 is 0 Å². The molecule has 6 nitrogen and oxygen atoms in total. The number of guanidine groups is 1. The molecule has 126 valence electrons. The van der Waals surface area contributed by atoms with Gasteiger partial charge in [-0.05, 0) is 6.92 Å². The smallest absolute Gasteiger partial charge is 0.375 e. The van der Waals surface area contributed by atoms with Crippen LogP contribution in [-0.2, 0) is 24.5 Å². The second-order valence-electron chi connectivity index (χ2n) is 4.98. The highest BCUT2D eigenvalue weighted by Crippen LogP contribution is 2.30. The number of aromatic nitrogens is 2. The summed E-state index contributed by atoms with van der Waals surface area (Å²) in [7, 11) is 1.44. The number of aliphatic imine (C=N–C) groups is 1. The van der Waals surface area contributed by atoms with Gasteiger partial charge >= 0.3 is 6.18 Å².